The summed E-state index contributed by atoms with van der Waals surface area (Å²) in [6, 6.07) is 0. The lowest BCUT2D eigenvalue weighted by atomic mass is 10.1. The van der Waals surface area contributed by atoms with E-state index in [1.54, 1.807) is 0 Å². The Labute approximate surface area is 108 Å². The zero-order valence-corrected chi connectivity index (χ0v) is 10.8. The van der Waals surface area contributed by atoms with Crippen LogP contribution in [0.5, 0.6) is 0 Å². The summed E-state index contributed by atoms with van der Waals surface area (Å²) in [6.45, 7) is -1.60. The van der Waals surface area contributed by atoms with Crippen molar-refractivity contribution in [3.8, 4) is 0 Å². The molecular formula is C6H12O11S2. The minimum atomic E-state index is -4.91. The van der Waals surface area contributed by atoms with E-state index in [0.29, 0.717) is 0 Å². The second-order valence-electron chi connectivity index (χ2n) is 3.59. The van der Waals surface area contributed by atoms with Gasteiger partial charge in [0.25, 0.3) is 0 Å². The number of aliphatic hydroxyl groups excluding tert-OH is 2. The number of ether oxygens (including phenoxy) is 1. The zero-order valence-electron chi connectivity index (χ0n) is 9.19. The Bertz CT molecular complexity index is 495. The average Bonchev–Trinajstić information content (AvgIpc) is 2.50. The molecule has 0 aliphatic carbocycles. The predicted octanol–water partition coefficient (Wildman–Crippen LogP) is -2.89. The van der Waals surface area contributed by atoms with E-state index in [-0.39, 0.29) is 0 Å². The summed E-state index contributed by atoms with van der Waals surface area (Å²) in [6.07, 6.45) is -6.06. The van der Waals surface area contributed by atoms with Crippen LogP contribution in [0.3, 0.4) is 0 Å². The second-order valence-corrected chi connectivity index (χ2v) is 5.73. The van der Waals surface area contributed by atoms with E-state index in [4.69, 9.17) is 18.9 Å². The molecule has 0 amide bonds. The highest BCUT2D eigenvalue weighted by molar-refractivity contribution is 7.81. The molecule has 1 saturated heterocycles. The molecule has 1 rings (SSSR count). The van der Waals surface area contributed by atoms with Crippen molar-refractivity contribution in [1.29, 1.82) is 0 Å². The van der Waals surface area contributed by atoms with Crippen molar-refractivity contribution in [3.05, 3.63) is 0 Å². The fraction of sp³-hybridized carbons (Fsp3) is 1.00. The van der Waals surface area contributed by atoms with Gasteiger partial charge in [0, 0.05) is 0 Å². The molecule has 1 aliphatic rings. The molecule has 19 heavy (non-hydrogen) atoms. The molecule has 1 aliphatic heterocycles. The van der Waals surface area contributed by atoms with Crippen LogP contribution < -0.4 is 0 Å². The molecule has 0 unspecified atom stereocenters. The van der Waals surface area contributed by atoms with E-state index >= 15 is 0 Å². The van der Waals surface area contributed by atoms with Crippen LogP contribution in [0.2, 0.25) is 0 Å². The number of rotatable bonds is 6. The van der Waals surface area contributed by atoms with Crippen molar-refractivity contribution in [2.45, 2.75) is 24.4 Å². The van der Waals surface area contributed by atoms with Crippen molar-refractivity contribution in [2.75, 3.05) is 13.2 Å². The maximum absolute atomic E-state index is 10.5. The summed E-state index contributed by atoms with van der Waals surface area (Å²) in [5, 5.41) is 18.5. The fourth-order valence-corrected chi connectivity index (χ4v) is 2.34. The Hall–Kier alpha value is -0.380. The Morgan fingerprint density at radius 1 is 1.05 bits per heavy atom. The molecule has 0 aromatic rings. The van der Waals surface area contributed by atoms with Gasteiger partial charge in [-0.2, -0.15) is 16.8 Å². The van der Waals surface area contributed by atoms with E-state index in [1.807, 2.05) is 0 Å². The lowest BCUT2D eigenvalue weighted by Gasteiger charge is -2.16. The first-order chi connectivity index (χ1) is 8.53. The molecule has 1 heterocycles. The van der Waals surface area contributed by atoms with Gasteiger partial charge in [0.05, 0.1) is 13.2 Å². The topological polar surface area (TPSA) is 177 Å². The first kappa shape index (κ1) is 16.7. The van der Waals surface area contributed by atoms with Gasteiger partial charge in [-0.3, -0.25) is 9.11 Å². The normalized spacial score (nSPS) is 32.6. The van der Waals surface area contributed by atoms with Gasteiger partial charge in [-0.05, 0) is 0 Å². The molecule has 4 N–H and O–H groups in total. The minimum Gasteiger partial charge on any atom is -0.394 e. The van der Waals surface area contributed by atoms with Gasteiger partial charge in [-0.15, -0.1) is 0 Å². The van der Waals surface area contributed by atoms with Gasteiger partial charge in [-0.1, -0.05) is 0 Å². The van der Waals surface area contributed by atoms with Gasteiger partial charge >= 0.3 is 20.8 Å². The molecule has 114 valence electrons. The minimum absolute atomic E-state index is 0.764. The van der Waals surface area contributed by atoms with Gasteiger partial charge in [0.1, 0.15) is 24.4 Å². The number of hydrogen-bond acceptors (Lipinski definition) is 9. The van der Waals surface area contributed by atoms with Crippen LogP contribution in [0.1, 0.15) is 0 Å². The second kappa shape index (κ2) is 5.94. The van der Waals surface area contributed by atoms with Crippen LogP contribution in [0.15, 0.2) is 0 Å². The Morgan fingerprint density at radius 3 is 2.05 bits per heavy atom. The van der Waals surface area contributed by atoms with E-state index in [9.17, 15) is 21.9 Å². The lowest BCUT2D eigenvalue weighted by Crippen LogP contribution is -2.39. The molecule has 0 saturated carbocycles. The van der Waals surface area contributed by atoms with Crippen LogP contribution in [0.4, 0.5) is 0 Å². The molecule has 1 fully saturated rings. The number of aliphatic hydroxyl groups is 2. The summed E-state index contributed by atoms with van der Waals surface area (Å²) in [5.41, 5.74) is 0. The van der Waals surface area contributed by atoms with Crippen molar-refractivity contribution in [2.24, 2.45) is 0 Å². The van der Waals surface area contributed by atoms with Gasteiger partial charge < -0.3 is 14.9 Å². The summed E-state index contributed by atoms with van der Waals surface area (Å²) in [7, 11) is -9.68. The quantitative estimate of drug-likeness (QED) is 0.369. The first-order valence-corrected chi connectivity index (χ1v) is 7.48. The molecule has 0 spiro atoms. The van der Waals surface area contributed by atoms with Crippen molar-refractivity contribution in [3.63, 3.8) is 0 Å². The van der Waals surface area contributed by atoms with Crippen LogP contribution in [0, 0.1) is 0 Å². The SMILES string of the molecule is O=S(=O)(O)OC[C@H]1O[C@H](CO)[C@@H](OS(=O)(=O)O)[C@@H]1O. The summed E-state index contributed by atoms with van der Waals surface area (Å²) < 4.78 is 71.5. The molecular weight excluding hydrogens is 312 g/mol. The third-order valence-electron chi connectivity index (χ3n) is 2.23. The molecule has 0 aromatic carbocycles. The molecule has 0 aromatic heterocycles. The highest BCUT2D eigenvalue weighted by atomic mass is 32.3. The smallest absolute Gasteiger partial charge is 0.394 e. The highest BCUT2D eigenvalue weighted by Gasteiger charge is 2.46. The Kier molecular flexibility index (Phi) is 5.21. The monoisotopic (exact) mass is 324 g/mol. The van der Waals surface area contributed by atoms with Gasteiger partial charge in [0.2, 0.25) is 0 Å². The highest BCUT2D eigenvalue weighted by Crippen LogP contribution is 2.25. The maximum atomic E-state index is 10.5. The third kappa shape index (κ3) is 5.25. The Morgan fingerprint density at radius 2 is 1.63 bits per heavy atom. The maximum Gasteiger partial charge on any atom is 0.397 e. The predicted molar refractivity (Wildman–Crippen MR) is 55.7 cm³/mol. The zero-order chi connectivity index (χ0) is 14.8. The van der Waals surface area contributed by atoms with E-state index < -0.39 is 58.4 Å². The van der Waals surface area contributed by atoms with Crippen LogP contribution in [0.25, 0.3) is 0 Å². The fourth-order valence-electron chi connectivity index (χ4n) is 1.51. The van der Waals surface area contributed by atoms with E-state index in [0.717, 1.165) is 0 Å². The molecule has 0 bridgehead atoms. The molecule has 13 heteroatoms. The lowest BCUT2D eigenvalue weighted by molar-refractivity contribution is -0.0343. The van der Waals surface area contributed by atoms with Crippen LogP contribution >= 0.6 is 0 Å². The van der Waals surface area contributed by atoms with Crippen molar-refractivity contribution < 1.29 is 49.3 Å². The third-order valence-corrected chi connectivity index (χ3v) is 3.13. The summed E-state index contributed by atoms with van der Waals surface area (Å²) >= 11 is 0. The number of hydrogen-bond donors (Lipinski definition) is 4. The van der Waals surface area contributed by atoms with E-state index in [1.165, 1.54) is 0 Å². The van der Waals surface area contributed by atoms with Crippen LogP contribution in [-0.2, 0) is 33.9 Å². The first-order valence-electron chi connectivity index (χ1n) is 4.75. The van der Waals surface area contributed by atoms with Crippen LogP contribution in [-0.4, -0.2) is 73.8 Å². The molecule has 11 nitrogen and oxygen atoms in total. The molecule has 0 radical (unpaired) electrons. The largest absolute Gasteiger partial charge is 0.397 e. The summed E-state index contributed by atoms with van der Waals surface area (Å²) in [5.74, 6) is 0. The van der Waals surface area contributed by atoms with Crippen molar-refractivity contribution >= 4 is 20.8 Å². The van der Waals surface area contributed by atoms with Gasteiger partial charge in [0.15, 0.2) is 0 Å². The van der Waals surface area contributed by atoms with E-state index in [2.05, 4.69) is 8.37 Å². The van der Waals surface area contributed by atoms with Crippen molar-refractivity contribution in [1.82, 2.24) is 0 Å². The standard InChI is InChI=1S/C6H12O11S2/c7-1-3-6(17-19(12,13)14)5(8)4(16-3)2-15-18(9,10)11/h3-8H,1-2H2,(H,9,10,11)(H,12,13,14)/t3-,4-,5-,6-/m1/s1. The van der Waals surface area contributed by atoms with Gasteiger partial charge in [-0.25, -0.2) is 8.37 Å². The Balaban J connectivity index is 2.74. The average molecular weight is 324 g/mol. The summed E-state index contributed by atoms with van der Waals surface area (Å²) in [4.78, 5) is 0. The molecule has 4 atom stereocenters.